The van der Waals surface area contributed by atoms with Crippen molar-refractivity contribution in [1.82, 2.24) is 0 Å². The minimum Gasteiger partial charge on any atom is -0.399 e. The Balaban J connectivity index is 0.000000211. The molecule has 0 amide bonds. The molecule has 0 bridgehead atoms. The molecule has 0 aromatic heterocycles. The summed E-state index contributed by atoms with van der Waals surface area (Å²) in [5.74, 6) is 0. The smallest absolute Gasteiger partial charge is 0.0414 e. The molecule has 0 heterocycles. The van der Waals surface area contributed by atoms with Crippen molar-refractivity contribution >= 4 is 22.7 Å². The number of hydrogen-bond donors (Lipinski definition) is 4. The molecule has 22 heavy (non-hydrogen) atoms. The lowest BCUT2D eigenvalue weighted by Gasteiger charge is -2.06. The Hall–Kier alpha value is -3.14. The van der Waals surface area contributed by atoms with E-state index in [1.807, 2.05) is 66.7 Å². The average Bonchev–Trinajstić information content (AvgIpc) is 2.50. The van der Waals surface area contributed by atoms with E-state index in [9.17, 15) is 0 Å². The summed E-state index contributed by atoms with van der Waals surface area (Å²) >= 11 is 0. The van der Waals surface area contributed by atoms with Gasteiger partial charge in [-0.25, -0.2) is 0 Å². The molecule has 0 saturated heterocycles. The van der Waals surface area contributed by atoms with Gasteiger partial charge in [-0.05, 0) is 42.0 Å². The first kappa shape index (κ1) is 15.3. The average molecular weight is 292 g/mol. The van der Waals surface area contributed by atoms with Gasteiger partial charge in [0.25, 0.3) is 0 Å². The van der Waals surface area contributed by atoms with Crippen LogP contribution in [0.5, 0.6) is 0 Å². The zero-order valence-electron chi connectivity index (χ0n) is 12.2. The third-order valence-corrected chi connectivity index (χ3v) is 3.10. The molecule has 3 aromatic carbocycles. The summed E-state index contributed by atoms with van der Waals surface area (Å²) in [5, 5.41) is 0. The molecular formula is C18H20N4. The third kappa shape index (κ3) is 4.18. The summed E-state index contributed by atoms with van der Waals surface area (Å²) in [6, 6.07) is 22.6. The van der Waals surface area contributed by atoms with Crippen LogP contribution in [0.25, 0.3) is 11.1 Å². The van der Waals surface area contributed by atoms with Crippen LogP contribution in [0.15, 0.2) is 72.8 Å². The Bertz CT molecular complexity index is 722. The molecule has 0 unspecified atom stereocenters. The zero-order valence-corrected chi connectivity index (χ0v) is 12.2. The molecule has 0 spiro atoms. The standard InChI is InChI=1S/C12H13N3.C6H7N/c13-9-3-1-8(2-4-9)11-6-5-10(14)7-12(11)15;7-6-4-2-1-3-5-6/h1-7H,13-15H2;1-5H,7H2. The van der Waals surface area contributed by atoms with E-state index in [1.165, 1.54) is 0 Å². The van der Waals surface area contributed by atoms with E-state index >= 15 is 0 Å². The molecule has 0 fully saturated rings. The molecule has 0 aliphatic heterocycles. The van der Waals surface area contributed by atoms with Gasteiger partial charge in [0.05, 0.1) is 0 Å². The zero-order chi connectivity index (χ0) is 15.9. The summed E-state index contributed by atoms with van der Waals surface area (Å²) in [6.07, 6.45) is 0. The highest BCUT2D eigenvalue weighted by Gasteiger charge is 2.02. The Labute approximate surface area is 130 Å². The minimum atomic E-state index is 0.673. The van der Waals surface area contributed by atoms with Crippen LogP contribution in [0.1, 0.15) is 0 Å². The summed E-state index contributed by atoms with van der Waals surface area (Å²) in [5.41, 5.74) is 27.4. The van der Waals surface area contributed by atoms with Gasteiger partial charge < -0.3 is 22.9 Å². The molecule has 4 heteroatoms. The van der Waals surface area contributed by atoms with Gasteiger partial charge in [-0.1, -0.05) is 36.4 Å². The molecule has 3 aromatic rings. The maximum absolute atomic E-state index is 5.88. The van der Waals surface area contributed by atoms with E-state index in [2.05, 4.69) is 0 Å². The highest BCUT2D eigenvalue weighted by molar-refractivity contribution is 5.79. The van der Waals surface area contributed by atoms with Crippen molar-refractivity contribution < 1.29 is 0 Å². The lowest BCUT2D eigenvalue weighted by Crippen LogP contribution is -1.93. The number of hydrogen-bond acceptors (Lipinski definition) is 4. The van der Waals surface area contributed by atoms with Gasteiger partial charge in [0.2, 0.25) is 0 Å². The fourth-order valence-electron chi connectivity index (χ4n) is 1.96. The van der Waals surface area contributed by atoms with Gasteiger partial charge in [-0.15, -0.1) is 0 Å². The van der Waals surface area contributed by atoms with E-state index in [0.717, 1.165) is 22.5 Å². The van der Waals surface area contributed by atoms with Crippen molar-refractivity contribution in [1.29, 1.82) is 0 Å². The third-order valence-electron chi connectivity index (χ3n) is 3.10. The number of rotatable bonds is 1. The van der Waals surface area contributed by atoms with Crippen molar-refractivity contribution in [2.75, 3.05) is 22.9 Å². The Morgan fingerprint density at radius 1 is 0.500 bits per heavy atom. The van der Waals surface area contributed by atoms with Gasteiger partial charge in [0.1, 0.15) is 0 Å². The lowest BCUT2D eigenvalue weighted by molar-refractivity contribution is 1.60. The van der Waals surface area contributed by atoms with Gasteiger partial charge in [0, 0.05) is 28.3 Å². The predicted octanol–water partition coefficient (Wildman–Crippen LogP) is 3.37. The Morgan fingerprint density at radius 3 is 1.55 bits per heavy atom. The first-order valence-electron chi connectivity index (χ1n) is 6.87. The second kappa shape index (κ2) is 7.04. The molecule has 112 valence electrons. The van der Waals surface area contributed by atoms with Gasteiger partial charge in [0.15, 0.2) is 0 Å². The van der Waals surface area contributed by atoms with Crippen molar-refractivity contribution in [2.45, 2.75) is 0 Å². The first-order valence-corrected chi connectivity index (χ1v) is 6.87. The largest absolute Gasteiger partial charge is 0.399 e. The van der Waals surface area contributed by atoms with Crippen molar-refractivity contribution in [2.24, 2.45) is 0 Å². The van der Waals surface area contributed by atoms with Crippen molar-refractivity contribution in [3.8, 4) is 11.1 Å². The molecule has 8 N–H and O–H groups in total. The highest BCUT2D eigenvalue weighted by Crippen LogP contribution is 2.27. The molecule has 4 nitrogen and oxygen atoms in total. The van der Waals surface area contributed by atoms with Gasteiger partial charge in [-0.3, -0.25) is 0 Å². The lowest BCUT2D eigenvalue weighted by atomic mass is 10.0. The van der Waals surface area contributed by atoms with Gasteiger partial charge >= 0.3 is 0 Å². The number of nitrogen functional groups attached to an aromatic ring is 4. The molecule has 0 atom stereocenters. The monoisotopic (exact) mass is 292 g/mol. The van der Waals surface area contributed by atoms with Crippen LogP contribution in [0.2, 0.25) is 0 Å². The van der Waals surface area contributed by atoms with Crippen LogP contribution in [-0.2, 0) is 0 Å². The second-order valence-corrected chi connectivity index (χ2v) is 4.88. The topological polar surface area (TPSA) is 104 Å². The minimum absolute atomic E-state index is 0.673. The van der Waals surface area contributed by atoms with E-state index in [1.54, 1.807) is 6.07 Å². The number of para-hydroxylation sites is 1. The summed E-state index contributed by atoms with van der Waals surface area (Å²) in [4.78, 5) is 0. The molecule has 3 rings (SSSR count). The summed E-state index contributed by atoms with van der Waals surface area (Å²) in [6.45, 7) is 0. The molecule has 0 saturated carbocycles. The molecular weight excluding hydrogens is 272 g/mol. The SMILES string of the molecule is Nc1ccc(-c2ccc(N)cc2N)cc1.Nc1ccccc1. The van der Waals surface area contributed by atoms with Crippen molar-refractivity contribution in [3.63, 3.8) is 0 Å². The van der Waals surface area contributed by atoms with E-state index in [0.29, 0.717) is 11.4 Å². The van der Waals surface area contributed by atoms with Crippen LogP contribution in [0, 0.1) is 0 Å². The van der Waals surface area contributed by atoms with Crippen LogP contribution < -0.4 is 22.9 Å². The molecule has 0 aliphatic rings. The number of nitrogens with two attached hydrogens (primary N) is 4. The summed E-state index contributed by atoms with van der Waals surface area (Å²) in [7, 11) is 0. The maximum Gasteiger partial charge on any atom is 0.0414 e. The van der Waals surface area contributed by atoms with Crippen LogP contribution in [0.4, 0.5) is 22.7 Å². The van der Waals surface area contributed by atoms with Crippen LogP contribution in [0.3, 0.4) is 0 Å². The quantitative estimate of drug-likeness (QED) is 0.516. The Morgan fingerprint density at radius 2 is 1.05 bits per heavy atom. The fraction of sp³-hybridized carbons (Fsp3) is 0. The van der Waals surface area contributed by atoms with Gasteiger partial charge in [-0.2, -0.15) is 0 Å². The van der Waals surface area contributed by atoms with Crippen molar-refractivity contribution in [3.05, 3.63) is 72.8 Å². The molecule has 0 radical (unpaired) electrons. The maximum atomic E-state index is 5.88. The van der Waals surface area contributed by atoms with E-state index in [-0.39, 0.29) is 0 Å². The predicted molar refractivity (Wildman–Crippen MR) is 96.0 cm³/mol. The number of anilines is 4. The second-order valence-electron chi connectivity index (χ2n) is 4.88. The first-order chi connectivity index (χ1) is 10.6. The van der Waals surface area contributed by atoms with Crippen LogP contribution in [-0.4, -0.2) is 0 Å². The number of benzene rings is 3. The van der Waals surface area contributed by atoms with Crippen LogP contribution >= 0.6 is 0 Å². The normalized spacial score (nSPS) is 9.64. The van der Waals surface area contributed by atoms with E-state index < -0.39 is 0 Å². The summed E-state index contributed by atoms with van der Waals surface area (Å²) < 4.78 is 0. The molecule has 0 aliphatic carbocycles. The fourth-order valence-corrected chi connectivity index (χ4v) is 1.96. The van der Waals surface area contributed by atoms with E-state index in [4.69, 9.17) is 22.9 Å². The highest BCUT2D eigenvalue weighted by atomic mass is 14.6. The Kier molecular flexibility index (Phi) is 4.88.